The van der Waals surface area contributed by atoms with Crippen LogP contribution in [-0.4, -0.2) is 0 Å². The molecule has 0 saturated carbocycles. The Kier molecular flexibility index (Phi) is 6.39. The Morgan fingerprint density at radius 1 is 0.408 bits per heavy atom. The van der Waals surface area contributed by atoms with Crippen LogP contribution in [0.5, 0.6) is 0 Å². The second-order valence-electron chi connectivity index (χ2n) is 12.5. The topological polar surface area (TPSA) is 16.4 Å². The lowest BCUT2D eigenvalue weighted by molar-refractivity contribution is 0.669. The number of anilines is 3. The molecule has 0 amide bonds. The summed E-state index contributed by atoms with van der Waals surface area (Å²) in [6.45, 7) is 0. The molecule has 0 radical (unpaired) electrons. The first-order valence-electron chi connectivity index (χ1n) is 16.6. The summed E-state index contributed by atoms with van der Waals surface area (Å²) in [6.07, 6.45) is 0. The minimum atomic E-state index is 0.882. The van der Waals surface area contributed by atoms with E-state index in [0.717, 1.165) is 39.0 Å². The van der Waals surface area contributed by atoms with E-state index in [-0.39, 0.29) is 0 Å². The molecule has 0 fully saturated rings. The van der Waals surface area contributed by atoms with E-state index < -0.39 is 0 Å². The summed E-state index contributed by atoms with van der Waals surface area (Å²) in [6, 6.07) is 63.2. The Morgan fingerprint density at radius 2 is 1.04 bits per heavy atom. The SMILES string of the molecule is c1cc(-c2ccc(N(c3cccc4oc5ccccc5c34)c3cccc4sc5ccccc5c34)cc2)cc(-c2cccc3ccccc23)c1. The quantitative estimate of drug-likeness (QED) is 0.186. The van der Waals surface area contributed by atoms with Crippen molar-refractivity contribution in [2.75, 3.05) is 4.90 Å². The molecule has 0 bridgehead atoms. The summed E-state index contributed by atoms with van der Waals surface area (Å²) in [5.74, 6) is 0. The molecule has 0 aliphatic rings. The van der Waals surface area contributed by atoms with E-state index in [1.165, 1.54) is 53.2 Å². The van der Waals surface area contributed by atoms with Gasteiger partial charge in [-0.15, -0.1) is 11.3 Å². The highest BCUT2D eigenvalue weighted by Crippen LogP contribution is 2.48. The number of benzene rings is 8. The van der Waals surface area contributed by atoms with Crippen LogP contribution in [0.1, 0.15) is 0 Å². The van der Waals surface area contributed by atoms with Gasteiger partial charge in [-0.3, -0.25) is 0 Å². The number of thiophene rings is 1. The lowest BCUT2D eigenvalue weighted by Gasteiger charge is -2.27. The number of rotatable bonds is 5. The fraction of sp³-hybridized carbons (Fsp3) is 0. The van der Waals surface area contributed by atoms with E-state index in [9.17, 15) is 0 Å². The minimum absolute atomic E-state index is 0.882. The molecule has 0 unspecified atom stereocenters. The van der Waals surface area contributed by atoms with Crippen molar-refractivity contribution in [2.45, 2.75) is 0 Å². The minimum Gasteiger partial charge on any atom is -0.456 e. The predicted molar refractivity (Wildman–Crippen MR) is 210 cm³/mol. The summed E-state index contributed by atoms with van der Waals surface area (Å²) in [7, 11) is 0. The molecule has 0 saturated heterocycles. The Morgan fingerprint density at radius 3 is 1.94 bits per heavy atom. The van der Waals surface area contributed by atoms with Gasteiger partial charge in [0, 0.05) is 31.2 Å². The molecule has 3 heteroatoms. The van der Waals surface area contributed by atoms with Gasteiger partial charge in [0.25, 0.3) is 0 Å². The van der Waals surface area contributed by atoms with E-state index in [0.29, 0.717) is 0 Å². The molecule has 230 valence electrons. The van der Waals surface area contributed by atoms with Crippen molar-refractivity contribution in [3.63, 3.8) is 0 Å². The maximum absolute atomic E-state index is 6.38. The molecule has 49 heavy (non-hydrogen) atoms. The lowest BCUT2D eigenvalue weighted by Crippen LogP contribution is -2.10. The predicted octanol–water partition coefficient (Wildman–Crippen LogP) is 13.9. The summed E-state index contributed by atoms with van der Waals surface area (Å²) in [5, 5.41) is 7.28. The average molecular weight is 644 g/mol. The highest BCUT2D eigenvalue weighted by Gasteiger charge is 2.22. The Labute approximate surface area is 287 Å². The molecule has 0 aliphatic heterocycles. The second-order valence-corrected chi connectivity index (χ2v) is 13.6. The van der Waals surface area contributed by atoms with Gasteiger partial charge in [-0.25, -0.2) is 0 Å². The molecular weight excluding hydrogens is 615 g/mol. The van der Waals surface area contributed by atoms with Crippen LogP contribution in [0.2, 0.25) is 0 Å². The first-order valence-corrected chi connectivity index (χ1v) is 17.4. The fourth-order valence-corrected chi connectivity index (χ4v) is 8.57. The van der Waals surface area contributed by atoms with E-state index in [2.05, 4.69) is 175 Å². The van der Waals surface area contributed by atoms with E-state index in [1.807, 2.05) is 17.4 Å². The van der Waals surface area contributed by atoms with Crippen molar-refractivity contribution < 1.29 is 4.42 Å². The molecule has 2 nitrogen and oxygen atoms in total. The Balaban J connectivity index is 1.16. The molecule has 0 atom stereocenters. The van der Waals surface area contributed by atoms with E-state index in [4.69, 9.17) is 4.42 Å². The first kappa shape index (κ1) is 27.9. The van der Waals surface area contributed by atoms with Gasteiger partial charge in [0.05, 0.1) is 16.8 Å². The number of furan rings is 1. The Hall–Kier alpha value is -6.16. The molecule has 0 N–H and O–H groups in total. The van der Waals surface area contributed by atoms with Gasteiger partial charge < -0.3 is 9.32 Å². The van der Waals surface area contributed by atoms with Crippen LogP contribution in [0.3, 0.4) is 0 Å². The zero-order chi connectivity index (χ0) is 32.3. The van der Waals surface area contributed by atoms with Crippen LogP contribution in [-0.2, 0) is 0 Å². The van der Waals surface area contributed by atoms with Crippen LogP contribution < -0.4 is 4.90 Å². The van der Waals surface area contributed by atoms with Crippen molar-refractivity contribution in [3.05, 3.63) is 176 Å². The molecule has 8 aromatic carbocycles. The highest BCUT2D eigenvalue weighted by atomic mass is 32.1. The third-order valence-electron chi connectivity index (χ3n) is 9.66. The van der Waals surface area contributed by atoms with Crippen molar-refractivity contribution >= 4 is 81.3 Å². The number of hydrogen-bond acceptors (Lipinski definition) is 3. The summed E-state index contributed by atoms with van der Waals surface area (Å²) < 4.78 is 8.95. The fourth-order valence-electron chi connectivity index (χ4n) is 7.44. The molecule has 2 heterocycles. The van der Waals surface area contributed by atoms with Gasteiger partial charge in [-0.1, -0.05) is 121 Å². The van der Waals surface area contributed by atoms with Gasteiger partial charge >= 0.3 is 0 Å². The molecule has 0 spiro atoms. The molecule has 0 aliphatic carbocycles. The van der Waals surface area contributed by atoms with Crippen LogP contribution >= 0.6 is 11.3 Å². The normalized spacial score (nSPS) is 11.7. The van der Waals surface area contributed by atoms with Gasteiger partial charge in [0.1, 0.15) is 11.2 Å². The third-order valence-corrected chi connectivity index (χ3v) is 10.8. The number of hydrogen-bond donors (Lipinski definition) is 0. The van der Waals surface area contributed by atoms with Gasteiger partial charge in [0.2, 0.25) is 0 Å². The zero-order valence-corrected chi connectivity index (χ0v) is 27.3. The Bertz CT molecular complexity index is 2720. The summed E-state index contributed by atoms with van der Waals surface area (Å²) in [4.78, 5) is 2.42. The lowest BCUT2D eigenvalue weighted by atomic mass is 9.95. The van der Waals surface area contributed by atoms with Crippen molar-refractivity contribution in [1.29, 1.82) is 0 Å². The summed E-state index contributed by atoms with van der Waals surface area (Å²) in [5.41, 5.74) is 9.95. The second kappa shape index (κ2) is 11.2. The van der Waals surface area contributed by atoms with Crippen LogP contribution in [0.15, 0.2) is 180 Å². The maximum atomic E-state index is 6.38. The molecular formula is C46H29NOS. The van der Waals surface area contributed by atoms with E-state index in [1.54, 1.807) is 0 Å². The van der Waals surface area contributed by atoms with Crippen molar-refractivity contribution in [1.82, 2.24) is 0 Å². The largest absolute Gasteiger partial charge is 0.456 e. The smallest absolute Gasteiger partial charge is 0.137 e. The molecule has 10 aromatic rings. The van der Waals surface area contributed by atoms with Crippen molar-refractivity contribution in [2.24, 2.45) is 0 Å². The zero-order valence-electron chi connectivity index (χ0n) is 26.5. The summed E-state index contributed by atoms with van der Waals surface area (Å²) >= 11 is 1.85. The van der Waals surface area contributed by atoms with Crippen LogP contribution in [0.4, 0.5) is 17.1 Å². The average Bonchev–Trinajstić information content (AvgIpc) is 3.74. The number of para-hydroxylation sites is 1. The van der Waals surface area contributed by atoms with Gasteiger partial charge in [-0.2, -0.15) is 0 Å². The van der Waals surface area contributed by atoms with Crippen LogP contribution in [0.25, 0.3) is 75.1 Å². The van der Waals surface area contributed by atoms with Gasteiger partial charge in [-0.05, 0) is 87.6 Å². The molecule has 2 aromatic heterocycles. The third kappa shape index (κ3) is 4.55. The monoisotopic (exact) mass is 643 g/mol. The van der Waals surface area contributed by atoms with Crippen LogP contribution in [0, 0.1) is 0 Å². The highest BCUT2D eigenvalue weighted by molar-refractivity contribution is 7.26. The first-order chi connectivity index (χ1) is 24.3. The van der Waals surface area contributed by atoms with Crippen molar-refractivity contribution in [3.8, 4) is 22.3 Å². The standard InChI is InChI=1S/C46H29NOS/c1-2-15-35-31(11-1)12-8-18-36(35)33-14-7-13-32(29-33)30-25-27-34(28-26-30)47(39-19-9-22-42-45(39)37-16-3-5-21-41(37)48-42)40-20-10-24-44-46(40)38-17-4-6-23-43(38)49-44/h1-29H. The van der Waals surface area contributed by atoms with E-state index >= 15 is 0 Å². The number of fused-ring (bicyclic) bond motifs is 7. The van der Waals surface area contributed by atoms with Gasteiger partial charge in [0.15, 0.2) is 0 Å². The maximum Gasteiger partial charge on any atom is 0.137 e. The number of nitrogens with zero attached hydrogens (tertiary/aromatic N) is 1. The molecule has 10 rings (SSSR count).